The molecule has 1 aromatic rings. The fraction of sp³-hybridized carbons (Fsp3) is 0.467. The van der Waals surface area contributed by atoms with E-state index in [2.05, 4.69) is 4.72 Å². The van der Waals surface area contributed by atoms with Gasteiger partial charge >= 0.3 is 5.97 Å². The number of nitrogens with one attached hydrogen (secondary N) is 1. The van der Waals surface area contributed by atoms with Crippen molar-refractivity contribution >= 4 is 21.9 Å². The Morgan fingerprint density at radius 1 is 1.28 bits per heavy atom. The summed E-state index contributed by atoms with van der Waals surface area (Å²) < 4.78 is 42.5. The van der Waals surface area contributed by atoms with Crippen LogP contribution in [0.2, 0.25) is 0 Å². The number of primary amides is 1. The van der Waals surface area contributed by atoms with Gasteiger partial charge in [-0.1, -0.05) is 0 Å². The topological polar surface area (TPSA) is 134 Å². The highest BCUT2D eigenvalue weighted by Gasteiger charge is 2.20. The zero-order valence-electron chi connectivity index (χ0n) is 13.7. The summed E-state index contributed by atoms with van der Waals surface area (Å²) in [6.45, 7) is 2.10. The maximum Gasteiger partial charge on any atom is 0.307 e. The molecule has 0 radical (unpaired) electrons. The van der Waals surface area contributed by atoms with E-state index in [1.807, 2.05) is 0 Å². The van der Waals surface area contributed by atoms with Crippen molar-refractivity contribution in [2.75, 3.05) is 19.8 Å². The van der Waals surface area contributed by atoms with E-state index < -0.39 is 28.0 Å². The molecule has 1 atom stereocenters. The molecular formula is C15H20N2O7S. The number of benzene rings is 1. The fourth-order valence-electron chi connectivity index (χ4n) is 2.00. The Kier molecular flexibility index (Phi) is 6.21. The molecule has 10 heteroatoms. The summed E-state index contributed by atoms with van der Waals surface area (Å²) in [5.41, 5.74) is 4.98. The predicted octanol–water partition coefficient (Wildman–Crippen LogP) is -0.0667. The van der Waals surface area contributed by atoms with Crippen LogP contribution < -0.4 is 19.9 Å². The molecule has 0 saturated heterocycles. The van der Waals surface area contributed by atoms with Crippen LogP contribution in [0.5, 0.6) is 11.5 Å². The molecule has 25 heavy (non-hydrogen) atoms. The molecule has 0 aromatic heterocycles. The van der Waals surface area contributed by atoms with Crippen molar-refractivity contribution in [3.05, 3.63) is 18.2 Å². The summed E-state index contributed by atoms with van der Waals surface area (Å²) >= 11 is 0. The van der Waals surface area contributed by atoms with Crippen molar-refractivity contribution in [1.29, 1.82) is 0 Å². The number of rotatable bonds is 7. The van der Waals surface area contributed by atoms with Gasteiger partial charge in [0.25, 0.3) is 5.91 Å². The maximum atomic E-state index is 12.3. The van der Waals surface area contributed by atoms with E-state index in [1.54, 1.807) is 0 Å². The standard InChI is InChI=1S/C15H20N2O7S/c1-10(15(16)19)24-14(18)5-6-17-25(20,21)11-3-4-12-13(9-11)23-8-2-7-22-12/h3-4,9-10,17H,2,5-8H2,1H3,(H2,16,19)/t10-/m0/s1. The largest absolute Gasteiger partial charge is 0.490 e. The van der Waals surface area contributed by atoms with Crippen molar-refractivity contribution in [2.45, 2.75) is 30.8 Å². The van der Waals surface area contributed by atoms with Crippen molar-refractivity contribution in [3.63, 3.8) is 0 Å². The van der Waals surface area contributed by atoms with Gasteiger partial charge in [0.2, 0.25) is 10.0 Å². The number of ether oxygens (including phenoxy) is 3. The average Bonchev–Trinajstić information content (AvgIpc) is 2.79. The molecule has 0 aliphatic carbocycles. The smallest absolute Gasteiger partial charge is 0.307 e. The first-order valence-corrected chi connectivity index (χ1v) is 9.16. The molecule has 2 rings (SSSR count). The molecule has 1 aliphatic heterocycles. The van der Waals surface area contributed by atoms with Crippen LogP contribution in [-0.4, -0.2) is 46.2 Å². The summed E-state index contributed by atoms with van der Waals surface area (Å²) in [5, 5.41) is 0. The van der Waals surface area contributed by atoms with Crippen LogP contribution in [-0.2, 0) is 24.3 Å². The number of hydrogen-bond donors (Lipinski definition) is 2. The highest BCUT2D eigenvalue weighted by Crippen LogP contribution is 2.31. The van der Waals surface area contributed by atoms with Crippen LogP contribution in [0.15, 0.2) is 23.1 Å². The molecule has 1 aliphatic rings. The lowest BCUT2D eigenvalue weighted by molar-refractivity contribution is -0.153. The van der Waals surface area contributed by atoms with Gasteiger partial charge in [0.1, 0.15) is 0 Å². The summed E-state index contributed by atoms with van der Waals surface area (Å²) in [4.78, 5) is 22.3. The van der Waals surface area contributed by atoms with Gasteiger partial charge in [-0.15, -0.1) is 0 Å². The summed E-state index contributed by atoms with van der Waals surface area (Å²) in [6, 6.07) is 4.29. The van der Waals surface area contributed by atoms with Crippen LogP contribution in [0.25, 0.3) is 0 Å². The first-order valence-electron chi connectivity index (χ1n) is 7.68. The highest BCUT2D eigenvalue weighted by molar-refractivity contribution is 7.89. The van der Waals surface area contributed by atoms with E-state index in [-0.39, 0.29) is 17.9 Å². The molecule has 1 aromatic carbocycles. The summed E-state index contributed by atoms with van der Waals surface area (Å²) in [7, 11) is -3.83. The minimum absolute atomic E-state index is 0.00405. The van der Waals surface area contributed by atoms with Gasteiger partial charge in [0.05, 0.1) is 24.5 Å². The van der Waals surface area contributed by atoms with Gasteiger partial charge in [-0.2, -0.15) is 0 Å². The van der Waals surface area contributed by atoms with E-state index in [0.717, 1.165) is 0 Å². The van der Waals surface area contributed by atoms with E-state index in [4.69, 9.17) is 19.9 Å². The molecule has 3 N–H and O–H groups in total. The number of hydrogen-bond acceptors (Lipinski definition) is 7. The first kappa shape index (κ1) is 19.0. The average molecular weight is 372 g/mol. The van der Waals surface area contributed by atoms with Crippen LogP contribution in [0.4, 0.5) is 0 Å². The van der Waals surface area contributed by atoms with Gasteiger partial charge in [-0.05, 0) is 19.1 Å². The zero-order valence-corrected chi connectivity index (χ0v) is 14.5. The molecule has 1 amide bonds. The molecular weight excluding hydrogens is 352 g/mol. The molecule has 0 unspecified atom stereocenters. The minimum atomic E-state index is -3.83. The van der Waals surface area contributed by atoms with E-state index in [1.165, 1.54) is 25.1 Å². The molecule has 138 valence electrons. The molecule has 0 fully saturated rings. The van der Waals surface area contributed by atoms with E-state index in [9.17, 15) is 18.0 Å². The van der Waals surface area contributed by atoms with Gasteiger partial charge in [-0.25, -0.2) is 13.1 Å². The van der Waals surface area contributed by atoms with Crippen molar-refractivity contribution in [2.24, 2.45) is 5.73 Å². The van der Waals surface area contributed by atoms with Crippen molar-refractivity contribution in [3.8, 4) is 11.5 Å². The number of carbonyl (C=O) groups is 2. The maximum absolute atomic E-state index is 12.3. The Morgan fingerprint density at radius 2 is 1.96 bits per heavy atom. The number of nitrogens with two attached hydrogens (primary N) is 1. The number of sulfonamides is 1. The van der Waals surface area contributed by atoms with Gasteiger partial charge in [-0.3, -0.25) is 9.59 Å². The lowest BCUT2D eigenvalue weighted by Gasteiger charge is -2.11. The van der Waals surface area contributed by atoms with Crippen LogP contribution >= 0.6 is 0 Å². The lowest BCUT2D eigenvalue weighted by atomic mass is 10.3. The Balaban J connectivity index is 1.94. The second kappa shape index (κ2) is 8.17. The molecule has 0 spiro atoms. The number of esters is 1. The number of carbonyl (C=O) groups excluding carboxylic acids is 2. The normalized spacial score (nSPS) is 15.1. The predicted molar refractivity (Wildman–Crippen MR) is 86.6 cm³/mol. The number of fused-ring (bicyclic) bond motifs is 1. The Labute approximate surface area is 145 Å². The summed E-state index contributed by atoms with van der Waals surface area (Å²) in [5.74, 6) is -0.663. The SMILES string of the molecule is C[C@H](OC(=O)CCNS(=O)(=O)c1ccc2c(c1)OCCCO2)C(N)=O. The minimum Gasteiger partial charge on any atom is -0.490 e. The monoisotopic (exact) mass is 372 g/mol. The Hall–Kier alpha value is -2.33. The quantitative estimate of drug-likeness (QED) is 0.640. The fourth-order valence-corrected chi connectivity index (χ4v) is 3.04. The Morgan fingerprint density at radius 3 is 2.64 bits per heavy atom. The second-order valence-corrected chi connectivity index (χ2v) is 7.11. The third-order valence-corrected chi connectivity index (χ3v) is 4.82. The molecule has 0 saturated carbocycles. The zero-order chi connectivity index (χ0) is 18.4. The third-order valence-electron chi connectivity index (χ3n) is 3.36. The van der Waals surface area contributed by atoms with Gasteiger partial charge < -0.3 is 19.9 Å². The third kappa shape index (κ3) is 5.33. The van der Waals surface area contributed by atoms with Crippen molar-refractivity contribution < 1.29 is 32.2 Å². The highest BCUT2D eigenvalue weighted by atomic mass is 32.2. The first-order chi connectivity index (χ1) is 11.8. The van der Waals surface area contributed by atoms with Crippen LogP contribution in [0.3, 0.4) is 0 Å². The lowest BCUT2D eigenvalue weighted by Crippen LogP contribution is -2.32. The van der Waals surface area contributed by atoms with Crippen LogP contribution in [0, 0.1) is 0 Å². The second-order valence-electron chi connectivity index (χ2n) is 5.34. The number of amides is 1. The van der Waals surface area contributed by atoms with Gasteiger partial charge in [0.15, 0.2) is 17.6 Å². The van der Waals surface area contributed by atoms with E-state index in [0.29, 0.717) is 31.1 Å². The van der Waals surface area contributed by atoms with Crippen LogP contribution in [0.1, 0.15) is 19.8 Å². The van der Waals surface area contributed by atoms with Crippen molar-refractivity contribution in [1.82, 2.24) is 4.72 Å². The van der Waals surface area contributed by atoms with Gasteiger partial charge in [0, 0.05) is 19.0 Å². The molecule has 1 heterocycles. The van der Waals surface area contributed by atoms with E-state index >= 15 is 0 Å². The Bertz CT molecular complexity index is 748. The molecule has 9 nitrogen and oxygen atoms in total. The summed E-state index contributed by atoms with van der Waals surface area (Å²) in [6.07, 6.45) is -0.590. The molecule has 0 bridgehead atoms.